The molecule has 2 unspecified atom stereocenters. The van der Waals surface area contributed by atoms with Gasteiger partial charge in [-0.05, 0) is 73.5 Å². The number of carbonyl (C=O) groups is 1. The summed E-state index contributed by atoms with van der Waals surface area (Å²) < 4.78 is 3.45. The number of hydrogen-bond donors (Lipinski definition) is 1. The Bertz CT molecular complexity index is 1270. The minimum atomic E-state index is -0.120. The fourth-order valence-corrected chi connectivity index (χ4v) is 5.45. The van der Waals surface area contributed by atoms with E-state index in [4.69, 9.17) is 0 Å². The summed E-state index contributed by atoms with van der Waals surface area (Å²) in [4.78, 5) is 32.5. The van der Waals surface area contributed by atoms with Crippen LogP contribution in [0.25, 0.3) is 11.0 Å². The van der Waals surface area contributed by atoms with Gasteiger partial charge in [0.2, 0.25) is 5.91 Å². The van der Waals surface area contributed by atoms with Crippen molar-refractivity contribution in [2.45, 2.75) is 78.4 Å². The largest absolute Gasteiger partial charge is 0.348 e. The Hall–Kier alpha value is -2.93. The molecule has 1 saturated heterocycles. The molecule has 1 fully saturated rings. The highest BCUT2D eigenvalue weighted by Crippen LogP contribution is 2.30. The van der Waals surface area contributed by atoms with Crippen LogP contribution in [0.2, 0.25) is 0 Å². The highest BCUT2D eigenvalue weighted by Gasteiger charge is 2.29. The monoisotopic (exact) mass is 491 g/mol. The van der Waals surface area contributed by atoms with E-state index in [0.717, 1.165) is 42.7 Å². The Kier molecular flexibility index (Phi) is 7.69. The summed E-state index contributed by atoms with van der Waals surface area (Å²) in [6.45, 7) is 10.3. The van der Waals surface area contributed by atoms with Crippen molar-refractivity contribution in [3.05, 3.63) is 63.8 Å². The van der Waals surface area contributed by atoms with Gasteiger partial charge in [-0.15, -0.1) is 0 Å². The van der Waals surface area contributed by atoms with Crippen LogP contribution in [0, 0.1) is 12.3 Å². The number of pyridine rings is 1. The summed E-state index contributed by atoms with van der Waals surface area (Å²) in [7, 11) is 3.67. The molecule has 2 aromatic heterocycles. The Morgan fingerprint density at radius 2 is 1.86 bits per heavy atom. The Morgan fingerprint density at radius 1 is 1.14 bits per heavy atom. The molecule has 4 rings (SSSR count). The summed E-state index contributed by atoms with van der Waals surface area (Å²) >= 11 is 0. The van der Waals surface area contributed by atoms with Crippen molar-refractivity contribution >= 4 is 16.9 Å². The lowest BCUT2D eigenvalue weighted by molar-refractivity contribution is -0.123. The summed E-state index contributed by atoms with van der Waals surface area (Å²) in [6, 6.07) is 10.5. The maximum Gasteiger partial charge on any atom is 0.328 e. The van der Waals surface area contributed by atoms with Crippen molar-refractivity contribution in [3.8, 4) is 0 Å². The number of nitrogens with one attached hydrogen (secondary N) is 1. The molecular weight excluding hydrogens is 450 g/mol. The Morgan fingerprint density at radius 3 is 2.53 bits per heavy atom. The minimum Gasteiger partial charge on any atom is -0.348 e. The number of nitrogens with zero attached hydrogens (tertiary/aromatic N) is 4. The van der Waals surface area contributed by atoms with E-state index in [-0.39, 0.29) is 23.1 Å². The molecule has 36 heavy (non-hydrogen) atoms. The van der Waals surface area contributed by atoms with Gasteiger partial charge in [0.25, 0.3) is 0 Å². The number of benzene rings is 1. The highest BCUT2D eigenvalue weighted by molar-refractivity contribution is 5.78. The molecule has 1 aromatic carbocycles. The molecule has 1 amide bonds. The lowest BCUT2D eigenvalue weighted by Gasteiger charge is -2.38. The topological polar surface area (TPSA) is 72.2 Å². The van der Waals surface area contributed by atoms with E-state index in [9.17, 15) is 9.59 Å². The van der Waals surface area contributed by atoms with Crippen LogP contribution in [-0.2, 0) is 25.4 Å². The number of likely N-dealkylation sites (tertiary alicyclic amines) is 1. The number of amides is 1. The first-order valence-corrected chi connectivity index (χ1v) is 13.1. The number of fused-ring (bicyclic) bond motifs is 1. The average Bonchev–Trinajstić information content (AvgIpc) is 3.03. The van der Waals surface area contributed by atoms with Crippen molar-refractivity contribution in [1.29, 1.82) is 0 Å². The van der Waals surface area contributed by atoms with Gasteiger partial charge in [0.1, 0.15) is 0 Å². The predicted molar refractivity (Wildman–Crippen MR) is 145 cm³/mol. The summed E-state index contributed by atoms with van der Waals surface area (Å²) in [5.41, 5.74) is 5.25. The molecule has 1 N–H and O–H groups in total. The van der Waals surface area contributed by atoms with Crippen molar-refractivity contribution in [2.24, 2.45) is 19.5 Å². The van der Waals surface area contributed by atoms with Gasteiger partial charge in [-0.3, -0.25) is 23.8 Å². The average molecular weight is 492 g/mol. The van der Waals surface area contributed by atoms with Gasteiger partial charge in [0.05, 0.1) is 22.8 Å². The minimum absolute atomic E-state index is 0.00148. The number of piperidine rings is 1. The Labute approximate surface area is 214 Å². The predicted octanol–water partition coefficient (Wildman–Crippen LogP) is 4.62. The van der Waals surface area contributed by atoms with E-state index in [1.165, 1.54) is 24.0 Å². The summed E-state index contributed by atoms with van der Waals surface area (Å²) in [5.74, 6) is 0.0757. The molecule has 1 aliphatic heterocycles. The zero-order valence-electron chi connectivity index (χ0n) is 22.7. The zero-order valence-corrected chi connectivity index (χ0v) is 22.7. The molecular formula is C29H41N5O2. The normalized spacial score (nSPS) is 17.9. The molecule has 7 nitrogen and oxygen atoms in total. The number of hydrogen-bond acceptors (Lipinski definition) is 4. The van der Waals surface area contributed by atoms with Crippen molar-refractivity contribution < 1.29 is 4.79 Å². The van der Waals surface area contributed by atoms with Gasteiger partial charge in [-0.2, -0.15) is 0 Å². The second-order valence-corrected chi connectivity index (χ2v) is 11.6. The third-order valence-corrected chi connectivity index (χ3v) is 7.43. The van der Waals surface area contributed by atoms with E-state index >= 15 is 0 Å². The first kappa shape index (κ1) is 26.1. The smallest absolute Gasteiger partial charge is 0.328 e. The number of carbonyl (C=O) groups excluding carboxylic acids is 1. The SMILES string of the molecule is Cc1cc2c(cc1CN1CCCCC1CC(NC(=O)CC(C)(C)C)c1ccccn1)n(C)c(=O)n2C. The molecule has 0 bridgehead atoms. The molecule has 0 saturated carbocycles. The molecule has 0 aliphatic carbocycles. The fraction of sp³-hybridized carbons (Fsp3) is 0.552. The second kappa shape index (κ2) is 10.6. The third kappa shape index (κ3) is 5.89. The first-order valence-electron chi connectivity index (χ1n) is 13.1. The van der Waals surface area contributed by atoms with Crippen LogP contribution < -0.4 is 11.0 Å². The van der Waals surface area contributed by atoms with Gasteiger partial charge in [0, 0.05) is 39.3 Å². The van der Waals surface area contributed by atoms with Crippen LogP contribution in [-0.4, -0.2) is 37.5 Å². The maximum absolute atomic E-state index is 12.9. The van der Waals surface area contributed by atoms with E-state index in [1.807, 2.05) is 32.3 Å². The van der Waals surface area contributed by atoms with E-state index < -0.39 is 0 Å². The highest BCUT2D eigenvalue weighted by atomic mass is 16.2. The van der Waals surface area contributed by atoms with Crippen LogP contribution in [0.5, 0.6) is 0 Å². The van der Waals surface area contributed by atoms with Crippen LogP contribution in [0.4, 0.5) is 0 Å². The van der Waals surface area contributed by atoms with Crippen LogP contribution in [0.15, 0.2) is 41.3 Å². The Balaban J connectivity index is 1.57. The molecule has 3 heterocycles. The van der Waals surface area contributed by atoms with Gasteiger partial charge in [-0.1, -0.05) is 33.3 Å². The number of imidazole rings is 1. The fourth-order valence-electron chi connectivity index (χ4n) is 5.45. The first-order chi connectivity index (χ1) is 17.0. The van der Waals surface area contributed by atoms with E-state index in [1.54, 1.807) is 15.3 Å². The zero-order chi connectivity index (χ0) is 26.0. The van der Waals surface area contributed by atoms with E-state index in [2.05, 4.69) is 55.0 Å². The number of aromatic nitrogens is 3. The summed E-state index contributed by atoms with van der Waals surface area (Å²) in [6.07, 6.45) is 6.59. The number of rotatable bonds is 7. The molecule has 0 radical (unpaired) electrons. The second-order valence-electron chi connectivity index (χ2n) is 11.6. The molecule has 194 valence electrons. The lowest BCUT2D eigenvalue weighted by Crippen LogP contribution is -2.42. The quantitative estimate of drug-likeness (QED) is 0.524. The maximum atomic E-state index is 12.9. The molecule has 7 heteroatoms. The molecule has 0 spiro atoms. The molecule has 3 aromatic rings. The van der Waals surface area contributed by atoms with Crippen LogP contribution in [0.1, 0.15) is 75.7 Å². The third-order valence-electron chi connectivity index (χ3n) is 7.43. The van der Waals surface area contributed by atoms with Gasteiger partial charge >= 0.3 is 5.69 Å². The van der Waals surface area contributed by atoms with Crippen LogP contribution >= 0.6 is 0 Å². The van der Waals surface area contributed by atoms with Gasteiger partial charge in [0.15, 0.2) is 0 Å². The van der Waals surface area contributed by atoms with Crippen molar-refractivity contribution in [3.63, 3.8) is 0 Å². The molecule has 1 aliphatic rings. The molecule has 2 atom stereocenters. The standard InChI is InChI=1S/C29H41N5O2/c1-20-15-25-26(33(6)28(36)32(25)5)16-21(20)19-34-14-10-8-11-22(34)17-24(23-12-7-9-13-30-23)31-27(35)18-29(2,3)4/h7,9,12-13,15-16,22,24H,8,10-11,14,17-19H2,1-6H3,(H,31,35). The van der Waals surface area contributed by atoms with Gasteiger partial charge < -0.3 is 5.32 Å². The lowest BCUT2D eigenvalue weighted by atomic mass is 9.90. The number of aryl methyl sites for hydroxylation is 3. The van der Waals surface area contributed by atoms with Crippen molar-refractivity contribution in [2.75, 3.05) is 6.54 Å². The van der Waals surface area contributed by atoms with Crippen LogP contribution in [0.3, 0.4) is 0 Å². The van der Waals surface area contributed by atoms with Gasteiger partial charge in [-0.25, -0.2) is 4.79 Å². The summed E-state index contributed by atoms with van der Waals surface area (Å²) in [5, 5.41) is 3.30. The van der Waals surface area contributed by atoms with Crippen molar-refractivity contribution in [1.82, 2.24) is 24.3 Å². The van der Waals surface area contributed by atoms with E-state index in [0.29, 0.717) is 12.5 Å².